The Morgan fingerprint density at radius 1 is 0.789 bits per heavy atom. The van der Waals surface area contributed by atoms with Gasteiger partial charge in [0.1, 0.15) is 0 Å². The standard InChI is InChI=1S/C36H64O2/c1-8-10-12-14-16-18-20-22-27-37-36(7,38-28-23-21-19-17-15-13-11-9-2)35(6)30-33-32(29-31(35)3)25-24-26-34(33,4)5/h8-9,31H,1-2,10-30H2,3-7H3. The Labute approximate surface area is 238 Å². The van der Waals surface area contributed by atoms with Crippen molar-refractivity contribution in [3.05, 3.63) is 36.5 Å². The lowest BCUT2D eigenvalue weighted by molar-refractivity contribution is -0.299. The van der Waals surface area contributed by atoms with E-state index < -0.39 is 5.79 Å². The largest absolute Gasteiger partial charge is 0.350 e. The molecule has 2 atom stereocenters. The van der Waals surface area contributed by atoms with Crippen LogP contribution in [-0.4, -0.2) is 19.0 Å². The van der Waals surface area contributed by atoms with Crippen molar-refractivity contribution < 1.29 is 9.47 Å². The van der Waals surface area contributed by atoms with Crippen LogP contribution < -0.4 is 0 Å². The lowest BCUT2D eigenvalue weighted by Gasteiger charge is -2.55. The van der Waals surface area contributed by atoms with Gasteiger partial charge in [0.15, 0.2) is 5.79 Å². The predicted molar refractivity (Wildman–Crippen MR) is 167 cm³/mol. The summed E-state index contributed by atoms with van der Waals surface area (Å²) in [5.41, 5.74) is 3.78. The molecule has 2 heteroatoms. The summed E-state index contributed by atoms with van der Waals surface area (Å²) < 4.78 is 13.7. The molecule has 0 heterocycles. The molecule has 2 rings (SSSR count). The van der Waals surface area contributed by atoms with Crippen molar-refractivity contribution in [1.82, 2.24) is 0 Å². The molecule has 0 radical (unpaired) electrons. The van der Waals surface area contributed by atoms with Gasteiger partial charge in [0.2, 0.25) is 0 Å². The highest BCUT2D eigenvalue weighted by Crippen LogP contribution is 2.58. The van der Waals surface area contributed by atoms with E-state index in [-0.39, 0.29) is 5.41 Å². The molecule has 2 aliphatic rings. The van der Waals surface area contributed by atoms with Crippen molar-refractivity contribution in [2.24, 2.45) is 16.7 Å². The average Bonchev–Trinajstić information content (AvgIpc) is 2.88. The van der Waals surface area contributed by atoms with Crippen LogP contribution >= 0.6 is 0 Å². The van der Waals surface area contributed by atoms with E-state index >= 15 is 0 Å². The molecule has 0 aromatic heterocycles. The van der Waals surface area contributed by atoms with E-state index in [1.165, 1.54) is 89.9 Å². The Balaban J connectivity index is 1.96. The zero-order chi connectivity index (χ0) is 27.9. The summed E-state index contributed by atoms with van der Waals surface area (Å²) in [4.78, 5) is 0. The van der Waals surface area contributed by atoms with E-state index in [1.54, 1.807) is 11.1 Å². The summed E-state index contributed by atoms with van der Waals surface area (Å²) in [5.74, 6) is 0.0294. The molecular weight excluding hydrogens is 464 g/mol. The van der Waals surface area contributed by atoms with Gasteiger partial charge in [-0.2, -0.15) is 0 Å². The monoisotopic (exact) mass is 528 g/mol. The van der Waals surface area contributed by atoms with Crippen molar-refractivity contribution in [1.29, 1.82) is 0 Å². The Kier molecular flexibility index (Phi) is 15.0. The number of hydrogen-bond acceptors (Lipinski definition) is 2. The van der Waals surface area contributed by atoms with E-state index in [2.05, 4.69) is 47.8 Å². The fourth-order valence-corrected chi connectivity index (χ4v) is 6.96. The van der Waals surface area contributed by atoms with Crippen LogP contribution in [0.2, 0.25) is 0 Å². The fraction of sp³-hybridized carbons (Fsp3) is 0.833. The second-order valence-corrected chi connectivity index (χ2v) is 13.6. The van der Waals surface area contributed by atoms with Crippen LogP contribution in [0.25, 0.3) is 0 Å². The van der Waals surface area contributed by atoms with Gasteiger partial charge in [-0.25, -0.2) is 0 Å². The summed E-state index contributed by atoms with van der Waals surface area (Å²) in [6.45, 7) is 21.5. The Bertz CT molecular complexity index is 691. The molecule has 2 unspecified atom stereocenters. The molecule has 2 nitrogen and oxygen atoms in total. The SMILES string of the molecule is C=CCCCCCCCCOC(C)(OCCCCCCCCC=C)C1(C)CC2=C(CCCC2(C)C)CC1C. The highest BCUT2D eigenvalue weighted by Gasteiger charge is 2.54. The van der Waals surface area contributed by atoms with Crippen molar-refractivity contribution in [3.63, 3.8) is 0 Å². The first kappa shape index (κ1) is 33.3. The molecule has 0 amide bonds. The van der Waals surface area contributed by atoms with E-state index in [0.29, 0.717) is 11.3 Å². The van der Waals surface area contributed by atoms with Crippen molar-refractivity contribution in [2.75, 3.05) is 13.2 Å². The predicted octanol–water partition coefficient (Wildman–Crippen LogP) is 11.5. The Morgan fingerprint density at radius 3 is 1.76 bits per heavy atom. The molecule has 0 aromatic carbocycles. The molecule has 0 N–H and O–H groups in total. The molecule has 0 aliphatic heterocycles. The zero-order valence-corrected chi connectivity index (χ0v) is 26.3. The average molecular weight is 529 g/mol. The van der Waals surface area contributed by atoms with Gasteiger partial charge in [-0.15, -0.1) is 13.2 Å². The van der Waals surface area contributed by atoms with E-state index in [4.69, 9.17) is 9.47 Å². The Hall–Kier alpha value is -0.860. The quantitative estimate of drug-likeness (QED) is 0.0837. The maximum absolute atomic E-state index is 6.84. The first-order valence-corrected chi connectivity index (χ1v) is 16.4. The molecule has 0 fully saturated rings. The maximum Gasteiger partial charge on any atom is 0.171 e. The molecule has 0 saturated carbocycles. The minimum Gasteiger partial charge on any atom is -0.350 e. The maximum atomic E-state index is 6.84. The zero-order valence-electron chi connectivity index (χ0n) is 26.3. The number of rotatable bonds is 21. The molecule has 2 aliphatic carbocycles. The van der Waals surface area contributed by atoms with Crippen LogP contribution in [-0.2, 0) is 9.47 Å². The molecule has 0 aromatic rings. The van der Waals surface area contributed by atoms with Gasteiger partial charge in [0.25, 0.3) is 0 Å². The van der Waals surface area contributed by atoms with Crippen molar-refractivity contribution in [2.45, 2.75) is 162 Å². The van der Waals surface area contributed by atoms with Crippen LogP contribution in [0.1, 0.15) is 157 Å². The second kappa shape index (κ2) is 17.1. The van der Waals surface area contributed by atoms with Crippen molar-refractivity contribution in [3.8, 4) is 0 Å². The summed E-state index contributed by atoms with van der Waals surface area (Å²) in [5, 5.41) is 0. The molecule has 38 heavy (non-hydrogen) atoms. The summed E-state index contributed by atoms with van der Waals surface area (Å²) >= 11 is 0. The van der Waals surface area contributed by atoms with Gasteiger partial charge in [-0.1, -0.05) is 102 Å². The number of unbranched alkanes of at least 4 members (excludes halogenated alkanes) is 12. The highest BCUT2D eigenvalue weighted by molar-refractivity contribution is 5.30. The van der Waals surface area contributed by atoms with Crippen molar-refractivity contribution >= 4 is 0 Å². The van der Waals surface area contributed by atoms with Crippen LogP contribution in [0.4, 0.5) is 0 Å². The molecule has 220 valence electrons. The van der Waals surface area contributed by atoms with Gasteiger partial charge in [-0.05, 0) is 88.9 Å². The lowest BCUT2D eigenvalue weighted by Crippen LogP contribution is -2.54. The van der Waals surface area contributed by atoms with Crippen LogP contribution in [0.3, 0.4) is 0 Å². The van der Waals surface area contributed by atoms with E-state index in [0.717, 1.165) is 45.3 Å². The second-order valence-electron chi connectivity index (χ2n) is 13.6. The van der Waals surface area contributed by atoms with Gasteiger partial charge < -0.3 is 9.47 Å². The normalized spacial score (nSPS) is 23.3. The minimum atomic E-state index is -0.535. The third-order valence-corrected chi connectivity index (χ3v) is 10.1. The fourth-order valence-electron chi connectivity index (χ4n) is 6.96. The first-order valence-electron chi connectivity index (χ1n) is 16.4. The summed E-state index contributed by atoms with van der Waals surface area (Å²) in [6.07, 6.45) is 28.0. The third-order valence-electron chi connectivity index (χ3n) is 10.1. The molecular formula is C36H64O2. The topological polar surface area (TPSA) is 18.5 Å². The molecule has 0 saturated heterocycles. The number of hydrogen-bond donors (Lipinski definition) is 0. The summed E-state index contributed by atoms with van der Waals surface area (Å²) in [7, 11) is 0. The van der Waals surface area contributed by atoms with Gasteiger partial charge in [0, 0.05) is 5.41 Å². The minimum absolute atomic E-state index is 0.00415. The lowest BCUT2D eigenvalue weighted by atomic mass is 9.56. The van der Waals surface area contributed by atoms with Crippen LogP contribution in [0.5, 0.6) is 0 Å². The number of allylic oxidation sites excluding steroid dienone is 4. The van der Waals surface area contributed by atoms with Gasteiger partial charge in [-0.3, -0.25) is 0 Å². The molecule has 0 bridgehead atoms. The Morgan fingerprint density at radius 2 is 1.26 bits per heavy atom. The van der Waals surface area contributed by atoms with E-state index in [9.17, 15) is 0 Å². The van der Waals surface area contributed by atoms with E-state index in [1.807, 2.05) is 12.2 Å². The summed E-state index contributed by atoms with van der Waals surface area (Å²) in [6, 6.07) is 0. The number of ether oxygens (including phenoxy) is 2. The van der Waals surface area contributed by atoms with Gasteiger partial charge in [0.05, 0.1) is 13.2 Å². The van der Waals surface area contributed by atoms with Crippen LogP contribution in [0, 0.1) is 16.7 Å². The highest BCUT2D eigenvalue weighted by atomic mass is 16.7. The van der Waals surface area contributed by atoms with Gasteiger partial charge >= 0.3 is 0 Å². The first-order chi connectivity index (χ1) is 18.2. The third kappa shape index (κ3) is 9.96. The smallest absolute Gasteiger partial charge is 0.171 e. The molecule has 0 spiro atoms. The van der Waals surface area contributed by atoms with Crippen LogP contribution in [0.15, 0.2) is 36.5 Å².